The maximum absolute atomic E-state index is 13.4. The molecule has 1 aliphatic heterocycles. The van der Waals surface area contributed by atoms with E-state index in [0.717, 1.165) is 29.3 Å². The molecule has 1 N–H and O–H groups in total. The zero-order valence-corrected chi connectivity index (χ0v) is 21.5. The fraction of sp³-hybridized carbons (Fsp3) is 0.480. The lowest BCUT2D eigenvalue weighted by atomic mass is 9.92. The van der Waals surface area contributed by atoms with Crippen molar-refractivity contribution in [3.05, 3.63) is 64.4 Å². The fourth-order valence-corrected chi connectivity index (χ4v) is 5.95. The Bertz CT molecular complexity index is 1030. The molecule has 0 radical (unpaired) electrons. The van der Waals surface area contributed by atoms with Gasteiger partial charge in [-0.15, -0.1) is 0 Å². The third kappa shape index (κ3) is 6.87. The van der Waals surface area contributed by atoms with E-state index in [9.17, 15) is 17.6 Å². The van der Waals surface area contributed by atoms with Gasteiger partial charge in [0.2, 0.25) is 15.9 Å². The highest BCUT2D eigenvalue weighted by Gasteiger charge is 2.31. The summed E-state index contributed by atoms with van der Waals surface area (Å²) in [6, 6.07) is 12.7. The van der Waals surface area contributed by atoms with Gasteiger partial charge in [-0.3, -0.25) is 4.79 Å². The molecule has 8 heteroatoms. The van der Waals surface area contributed by atoms with E-state index < -0.39 is 10.0 Å². The van der Waals surface area contributed by atoms with Gasteiger partial charge in [0.05, 0.1) is 10.9 Å². The van der Waals surface area contributed by atoms with Gasteiger partial charge in [-0.05, 0) is 80.5 Å². The number of nitrogens with zero attached hydrogens (tertiary/aromatic N) is 1. The van der Waals surface area contributed by atoms with E-state index >= 15 is 0 Å². The Morgan fingerprint density at radius 3 is 2.42 bits per heavy atom. The largest absolute Gasteiger partial charge is 0.335 e. The van der Waals surface area contributed by atoms with Crippen molar-refractivity contribution >= 4 is 31.9 Å². The van der Waals surface area contributed by atoms with Gasteiger partial charge in [0.15, 0.2) is 0 Å². The van der Waals surface area contributed by atoms with Gasteiger partial charge in [-0.25, -0.2) is 17.5 Å². The molecule has 2 unspecified atom stereocenters. The Labute approximate surface area is 204 Å². The Balaban J connectivity index is 1.61. The van der Waals surface area contributed by atoms with Gasteiger partial charge in [0, 0.05) is 23.0 Å². The molecule has 0 saturated carbocycles. The van der Waals surface area contributed by atoms with E-state index in [4.69, 9.17) is 0 Å². The number of benzene rings is 2. The number of hydrogen-bond acceptors (Lipinski definition) is 3. The smallest absolute Gasteiger partial charge is 0.240 e. The van der Waals surface area contributed by atoms with Crippen LogP contribution in [-0.2, 0) is 14.8 Å². The summed E-state index contributed by atoms with van der Waals surface area (Å²) in [5.41, 5.74) is 0.963. The highest BCUT2D eigenvalue weighted by Crippen LogP contribution is 2.33. The minimum atomic E-state index is -3.62. The molecule has 33 heavy (non-hydrogen) atoms. The first-order valence-corrected chi connectivity index (χ1v) is 13.8. The molecule has 1 aliphatic rings. The zero-order valence-electron chi connectivity index (χ0n) is 19.1. The first-order chi connectivity index (χ1) is 15.7. The van der Waals surface area contributed by atoms with Crippen LogP contribution in [0.25, 0.3) is 0 Å². The summed E-state index contributed by atoms with van der Waals surface area (Å²) in [5.74, 6) is -0.427. The summed E-state index contributed by atoms with van der Waals surface area (Å²) < 4.78 is 42.4. The molecule has 2 aromatic rings. The summed E-state index contributed by atoms with van der Waals surface area (Å²) in [5, 5.41) is 0. The normalized spacial score (nSPS) is 18.7. The lowest BCUT2D eigenvalue weighted by Crippen LogP contribution is -2.42. The third-order valence-electron chi connectivity index (χ3n) is 6.35. The fourth-order valence-electron chi connectivity index (χ4n) is 4.33. The third-order valence-corrected chi connectivity index (χ3v) is 8.41. The van der Waals surface area contributed by atoms with E-state index in [1.807, 2.05) is 18.7 Å². The molecule has 5 nitrogen and oxygen atoms in total. The topological polar surface area (TPSA) is 66.5 Å². The van der Waals surface area contributed by atoms with Crippen molar-refractivity contribution in [3.8, 4) is 0 Å². The number of piperidine rings is 1. The second-order valence-corrected chi connectivity index (χ2v) is 11.4. The highest BCUT2D eigenvalue weighted by atomic mass is 79.9. The number of sulfonamides is 1. The maximum atomic E-state index is 13.4. The van der Waals surface area contributed by atoms with Gasteiger partial charge < -0.3 is 4.90 Å². The van der Waals surface area contributed by atoms with Crippen LogP contribution in [0.1, 0.15) is 64.0 Å². The van der Waals surface area contributed by atoms with E-state index in [1.54, 1.807) is 36.4 Å². The lowest BCUT2D eigenvalue weighted by Gasteiger charge is -2.38. The average Bonchev–Trinajstić information content (AvgIpc) is 2.81. The van der Waals surface area contributed by atoms with Gasteiger partial charge in [-0.2, -0.15) is 0 Å². The van der Waals surface area contributed by atoms with Crippen LogP contribution < -0.4 is 4.72 Å². The molecule has 1 saturated heterocycles. The standard InChI is InChI=1S/C25H32BrFN2O3S/c1-3-22(28-33(31,32)23-15-10-20(26)11-16-23)14-7-18(2)25(30)29-17-5-4-6-24(29)19-8-12-21(27)13-9-19/h8-13,15-16,18,22,24,28H,3-7,14,17H2,1-2H3/t18-,22?,24?/m1/s1. The quantitative estimate of drug-likeness (QED) is 0.437. The number of rotatable bonds is 9. The highest BCUT2D eigenvalue weighted by molar-refractivity contribution is 9.10. The Hall–Kier alpha value is -1.77. The lowest BCUT2D eigenvalue weighted by molar-refractivity contribution is -0.139. The number of nitrogens with one attached hydrogen (secondary N) is 1. The molecular weight excluding hydrogens is 507 g/mol. The van der Waals surface area contributed by atoms with Crippen molar-refractivity contribution in [2.45, 2.75) is 69.4 Å². The molecule has 1 fully saturated rings. The molecular formula is C25H32BrFN2O3S. The van der Waals surface area contributed by atoms with Crippen LogP contribution in [0.4, 0.5) is 4.39 Å². The second kappa shape index (κ2) is 11.6. The minimum absolute atomic E-state index is 0.0350. The summed E-state index contributed by atoms with van der Waals surface area (Å²) in [7, 11) is -3.62. The van der Waals surface area contributed by atoms with E-state index in [2.05, 4.69) is 20.7 Å². The molecule has 0 aromatic heterocycles. The van der Waals surface area contributed by atoms with Crippen LogP contribution >= 0.6 is 15.9 Å². The minimum Gasteiger partial charge on any atom is -0.335 e. The van der Waals surface area contributed by atoms with Gasteiger partial charge in [0.1, 0.15) is 5.82 Å². The first-order valence-electron chi connectivity index (χ1n) is 11.5. The Morgan fingerprint density at radius 2 is 1.79 bits per heavy atom. The van der Waals surface area contributed by atoms with Crippen LogP contribution in [0, 0.1) is 11.7 Å². The predicted octanol–water partition coefficient (Wildman–Crippen LogP) is 5.82. The molecule has 1 heterocycles. The summed E-state index contributed by atoms with van der Waals surface area (Å²) in [6.45, 7) is 4.55. The van der Waals surface area contributed by atoms with Crippen molar-refractivity contribution in [2.75, 3.05) is 6.54 Å². The van der Waals surface area contributed by atoms with Gasteiger partial charge >= 0.3 is 0 Å². The maximum Gasteiger partial charge on any atom is 0.240 e. The number of likely N-dealkylation sites (tertiary alicyclic amines) is 1. The molecule has 0 aliphatic carbocycles. The van der Waals surface area contributed by atoms with Crippen molar-refractivity contribution in [1.82, 2.24) is 9.62 Å². The van der Waals surface area contributed by atoms with Crippen LogP contribution in [0.15, 0.2) is 57.9 Å². The number of amides is 1. The van der Waals surface area contributed by atoms with Crippen LogP contribution in [0.3, 0.4) is 0 Å². The van der Waals surface area contributed by atoms with Crippen molar-refractivity contribution in [2.24, 2.45) is 5.92 Å². The van der Waals surface area contributed by atoms with E-state index in [0.29, 0.717) is 25.8 Å². The van der Waals surface area contributed by atoms with E-state index in [-0.39, 0.29) is 34.6 Å². The molecule has 180 valence electrons. The summed E-state index contributed by atoms with van der Waals surface area (Å²) in [4.78, 5) is 15.4. The number of halogens is 2. The first kappa shape index (κ1) is 25.8. The summed E-state index contributed by atoms with van der Waals surface area (Å²) >= 11 is 3.32. The van der Waals surface area contributed by atoms with Crippen molar-refractivity contribution in [1.29, 1.82) is 0 Å². The van der Waals surface area contributed by atoms with Crippen LogP contribution in [0.5, 0.6) is 0 Å². The van der Waals surface area contributed by atoms with Crippen LogP contribution in [0.2, 0.25) is 0 Å². The molecule has 0 bridgehead atoms. The number of carbonyl (C=O) groups excluding carboxylic acids is 1. The Kier molecular flexibility index (Phi) is 9.07. The molecule has 2 aromatic carbocycles. The van der Waals surface area contributed by atoms with Gasteiger partial charge in [-0.1, -0.05) is 41.9 Å². The SMILES string of the molecule is CCC(CC[C@@H](C)C(=O)N1CCCCC1c1ccc(F)cc1)NS(=O)(=O)c1ccc(Br)cc1. The monoisotopic (exact) mass is 538 g/mol. The van der Waals surface area contributed by atoms with Crippen molar-refractivity contribution in [3.63, 3.8) is 0 Å². The van der Waals surface area contributed by atoms with Crippen molar-refractivity contribution < 1.29 is 17.6 Å². The number of hydrogen-bond donors (Lipinski definition) is 1. The molecule has 3 rings (SSSR count). The molecule has 3 atom stereocenters. The predicted molar refractivity (Wildman–Crippen MR) is 132 cm³/mol. The van der Waals surface area contributed by atoms with Gasteiger partial charge in [0.25, 0.3) is 0 Å². The Morgan fingerprint density at radius 1 is 1.12 bits per heavy atom. The van der Waals surface area contributed by atoms with Crippen LogP contribution in [-0.4, -0.2) is 31.8 Å². The number of carbonyl (C=O) groups is 1. The molecule has 0 spiro atoms. The average molecular weight is 540 g/mol. The van der Waals surface area contributed by atoms with E-state index in [1.165, 1.54) is 12.1 Å². The zero-order chi connectivity index (χ0) is 24.0. The summed E-state index contributed by atoms with van der Waals surface area (Å²) in [6.07, 6.45) is 4.67. The molecule has 1 amide bonds. The second-order valence-electron chi connectivity index (χ2n) is 8.75.